The fourth-order valence-electron chi connectivity index (χ4n) is 2.53. The molecule has 1 unspecified atom stereocenters. The van der Waals surface area contributed by atoms with Crippen molar-refractivity contribution in [2.75, 3.05) is 19.3 Å². The molecule has 25 heavy (non-hydrogen) atoms. The van der Waals surface area contributed by atoms with E-state index < -0.39 is 17.3 Å². The van der Waals surface area contributed by atoms with Crippen LogP contribution in [0.5, 0.6) is 0 Å². The number of likely N-dealkylation sites (N-methyl/N-ethyl adjacent to an activating group) is 1. The summed E-state index contributed by atoms with van der Waals surface area (Å²) in [5, 5.41) is 11.9. The van der Waals surface area contributed by atoms with E-state index in [1.165, 1.54) is 12.3 Å². The van der Waals surface area contributed by atoms with Crippen LogP contribution in [-0.2, 0) is 4.79 Å². The van der Waals surface area contributed by atoms with Gasteiger partial charge in [0.05, 0.1) is 17.5 Å². The number of anilines is 1. The molecule has 0 saturated heterocycles. The summed E-state index contributed by atoms with van der Waals surface area (Å²) >= 11 is 0. The largest absolute Gasteiger partial charge is 0.478 e. The average molecular weight is 346 g/mol. The normalized spacial score (nSPS) is 11.9. The highest BCUT2D eigenvalue weighted by atomic mass is 19.1. The first-order valence-corrected chi connectivity index (χ1v) is 7.71. The second-order valence-corrected chi connectivity index (χ2v) is 5.53. The van der Waals surface area contributed by atoms with Crippen molar-refractivity contribution in [1.29, 1.82) is 0 Å². The number of benzene rings is 1. The van der Waals surface area contributed by atoms with Gasteiger partial charge in [0.1, 0.15) is 23.6 Å². The molecule has 7 nitrogen and oxygen atoms in total. The van der Waals surface area contributed by atoms with Gasteiger partial charge in [0.2, 0.25) is 0 Å². The van der Waals surface area contributed by atoms with Gasteiger partial charge < -0.3 is 21.0 Å². The first-order chi connectivity index (χ1) is 12.0. The molecule has 0 saturated carbocycles. The Morgan fingerprint density at radius 2 is 2.24 bits per heavy atom. The molecule has 2 rings (SSSR count). The summed E-state index contributed by atoms with van der Waals surface area (Å²) in [4.78, 5) is 30.2. The lowest BCUT2D eigenvalue weighted by atomic mass is 9.99. The van der Waals surface area contributed by atoms with Crippen molar-refractivity contribution in [2.45, 2.75) is 18.8 Å². The third kappa shape index (κ3) is 4.36. The molecule has 1 heterocycles. The zero-order valence-electron chi connectivity index (χ0n) is 13.7. The van der Waals surface area contributed by atoms with Crippen molar-refractivity contribution in [2.24, 2.45) is 0 Å². The summed E-state index contributed by atoms with van der Waals surface area (Å²) < 4.78 is 13.9. The van der Waals surface area contributed by atoms with Crippen LogP contribution in [-0.4, -0.2) is 40.9 Å². The van der Waals surface area contributed by atoms with E-state index in [0.717, 1.165) is 18.4 Å². The molecule has 0 fully saturated rings. The van der Waals surface area contributed by atoms with Gasteiger partial charge in [-0.1, -0.05) is 6.07 Å². The van der Waals surface area contributed by atoms with Crippen LogP contribution in [0, 0.1) is 5.82 Å². The number of carboxylic acids is 1. The second kappa shape index (κ2) is 8.29. The van der Waals surface area contributed by atoms with E-state index in [2.05, 4.69) is 15.3 Å². The maximum atomic E-state index is 13.9. The number of aldehydes is 1. The number of aromatic carboxylic acids is 1. The maximum absolute atomic E-state index is 13.9. The third-order valence-corrected chi connectivity index (χ3v) is 3.79. The van der Waals surface area contributed by atoms with Crippen LogP contribution in [0.2, 0.25) is 0 Å². The van der Waals surface area contributed by atoms with Gasteiger partial charge in [0.25, 0.3) is 0 Å². The van der Waals surface area contributed by atoms with Gasteiger partial charge in [-0.2, -0.15) is 0 Å². The topological polar surface area (TPSA) is 118 Å². The Balaban J connectivity index is 2.43. The lowest BCUT2D eigenvalue weighted by Crippen LogP contribution is -2.19. The molecule has 0 aliphatic heterocycles. The number of rotatable bonds is 8. The molecular formula is C17H19FN4O3. The number of carboxylic acid groups (broad SMARTS) is 1. The zero-order chi connectivity index (χ0) is 18.4. The molecule has 0 radical (unpaired) electrons. The van der Waals surface area contributed by atoms with Crippen LogP contribution in [0.3, 0.4) is 0 Å². The van der Waals surface area contributed by atoms with Gasteiger partial charge in [-0.05, 0) is 25.6 Å². The fourth-order valence-corrected chi connectivity index (χ4v) is 2.53. The van der Waals surface area contributed by atoms with Crippen LogP contribution in [0.15, 0.2) is 24.4 Å². The van der Waals surface area contributed by atoms with Crippen molar-refractivity contribution in [3.8, 4) is 11.3 Å². The summed E-state index contributed by atoms with van der Waals surface area (Å²) in [6, 6.07) is 3.68. The molecule has 0 aliphatic carbocycles. The number of nitrogens with zero attached hydrogens (tertiary/aromatic N) is 2. The third-order valence-electron chi connectivity index (χ3n) is 3.79. The summed E-state index contributed by atoms with van der Waals surface area (Å²) in [6.07, 6.45) is 3.35. The Bertz CT molecular complexity index is 782. The van der Waals surface area contributed by atoms with E-state index >= 15 is 0 Å². The number of nitrogens with one attached hydrogen (secondary N) is 1. The molecular weight excluding hydrogens is 327 g/mol. The molecule has 0 aliphatic rings. The average Bonchev–Trinajstić information content (AvgIpc) is 2.58. The van der Waals surface area contributed by atoms with E-state index in [-0.39, 0.29) is 17.4 Å². The van der Waals surface area contributed by atoms with E-state index in [1.807, 2.05) is 0 Å². The Hall–Kier alpha value is -2.87. The summed E-state index contributed by atoms with van der Waals surface area (Å²) in [7, 11) is 1.79. The first kappa shape index (κ1) is 18.5. The Morgan fingerprint density at radius 1 is 1.48 bits per heavy atom. The standard InChI is InChI=1S/C17H19FN4O3/c1-20-8-11(3-2-6-23)14-9-21-16(19)15(22-14)10-4-5-12(17(24)25)13(18)7-10/h4-7,9,11,20H,2-3,8H2,1H3,(H2,19,21)(H,24,25). The molecule has 2 aromatic rings. The van der Waals surface area contributed by atoms with Gasteiger partial charge in [0.15, 0.2) is 0 Å². The van der Waals surface area contributed by atoms with Crippen LogP contribution < -0.4 is 11.1 Å². The second-order valence-electron chi connectivity index (χ2n) is 5.53. The maximum Gasteiger partial charge on any atom is 0.338 e. The first-order valence-electron chi connectivity index (χ1n) is 7.71. The molecule has 1 atom stereocenters. The number of nitrogen functional groups attached to an aromatic ring is 1. The molecule has 0 spiro atoms. The highest BCUT2D eigenvalue weighted by Crippen LogP contribution is 2.27. The van der Waals surface area contributed by atoms with Crippen LogP contribution >= 0.6 is 0 Å². The number of halogens is 1. The smallest absolute Gasteiger partial charge is 0.338 e. The number of carbonyl (C=O) groups excluding carboxylic acids is 1. The predicted octanol–water partition coefficient (Wildman–Crippen LogP) is 1.85. The molecule has 8 heteroatoms. The lowest BCUT2D eigenvalue weighted by Gasteiger charge is -2.16. The van der Waals surface area contributed by atoms with Gasteiger partial charge in [-0.3, -0.25) is 0 Å². The molecule has 0 amide bonds. The van der Waals surface area contributed by atoms with Crippen molar-refractivity contribution in [3.63, 3.8) is 0 Å². The van der Waals surface area contributed by atoms with Crippen molar-refractivity contribution >= 4 is 18.1 Å². The number of aromatic nitrogens is 2. The SMILES string of the molecule is CNCC(CCC=O)c1cnc(N)c(-c2ccc(C(=O)O)c(F)c2)n1. The van der Waals surface area contributed by atoms with E-state index in [1.54, 1.807) is 7.05 Å². The summed E-state index contributed by atoms with van der Waals surface area (Å²) in [6.45, 7) is 0.595. The minimum absolute atomic E-state index is 0.0508. The molecule has 4 N–H and O–H groups in total. The fraction of sp³-hybridized carbons (Fsp3) is 0.294. The van der Waals surface area contributed by atoms with Gasteiger partial charge in [-0.15, -0.1) is 0 Å². The Morgan fingerprint density at radius 3 is 2.84 bits per heavy atom. The Labute approximate surface area is 144 Å². The van der Waals surface area contributed by atoms with Gasteiger partial charge in [-0.25, -0.2) is 19.2 Å². The van der Waals surface area contributed by atoms with E-state index in [0.29, 0.717) is 30.6 Å². The summed E-state index contributed by atoms with van der Waals surface area (Å²) in [5.41, 5.74) is 6.68. The highest BCUT2D eigenvalue weighted by Gasteiger charge is 2.17. The number of nitrogens with two attached hydrogens (primary N) is 1. The van der Waals surface area contributed by atoms with Gasteiger partial charge >= 0.3 is 5.97 Å². The summed E-state index contributed by atoms with van der Waals surface area (Å²) in [5.74, 6) is -2.15. The minimum Gasteiger partial charge on any atom is -0.478 e. The zero-order valence-corrected chi connectivity index (χ0v) is 13.7. The number of hydrogen-bond donors (Lipinski definition) is 3. The van der Waals surface area contributed by atoms with Crippen LogP contribution in [0.25, 0.3) is 11.3 Å². The molecule has 1 aromatic carbocycles. The number of hydrogen-bond acceptors (Lipinski definition) is 6. The van der Waals surface area contributed by atoms with E-state index in [4.69, 9.17) is 10.8 Å². The van der Waals surface area contributed by atoms with Crippen LogP contribution in [0.1, 0.15) is 34.8 Å². The van der Waals surface area contributed by atoms with Gasteiger partial charge in [0, 0.05) is 24.4 Å². The quantitative estimate of drug-likeness (QED) is 0.624. The van der Waals surface area contributed by atoms with Crippen molar-refractivity contribution < 1.29 is 19.1 Å². The van der Waals surface area contributed by atoms with Crippen LogP contribution in [0.4, 0.5) is 10.2 Å². The monoisotopic (exact) mass is 346 g/mol. The van der Waals surface area contributed by atoms with Crippen molar-refractivity contribution in [1.82, 2.24) is 15.3 Å². The number of carbonyl (C=O) groups is 2. The molecule has 1 aromatic heterocycles. The molecule has 132 valence electrons. The van der Waals surface area contributed by atoms with Crippen molar-refractivity contribution in [3.05, 3.63) is 41.5 Å². The highest BCUT2D eigenvalue weighted by molar-refractivity contribution is 5.88. The lowest BCUT2D eigenvalue weighted by molar-refractivity contribution is -0.108. The Kier molecular flexibility index (Phi) is 6.13. The molecule has 0 bridgehead atoms. The van der Waals surface area contributed by atoms with E-state index in [9.17, 15) is 14.0 Å². The predicted molar refractivity (Wildman–Crippen MR) is 90.8 cm³/mol. The minimum atomic E-state index is -1.35.